The molecule has 0 aromatic carbocycles. The third kappa shape index (κ3) is 5.84. The van der Waals surface area contributed by atoms with Gasteiger partial charge in [0.15, 0.2) is 0 Å². The number of carboxylic acids is 1. The number of unbranched alkanes of at least 4 members (excludes halogenated alkanes) is 2. The summed E-state index contributed by atoms with van der Waals surface area (Å²) in [5, 5.41) is 11.7. The molecule has 18 heavy (non-hydrogen) atoms. The molecule has 0 saturated carbocycles. The Morgan fingerprint density at radius 3 is 2.17 bits per heavy atom. The van der Waals surface area contributed by atoms with Gasteiger partial charge < -0.3 is 10.4 Å². The van der Waals surface area contributed by atoms with Gasteiger partial charge in [-0.3, -0.25) is 4.79 Å². The van der Waals surface area contributed by atoms with Crippen molar-refractivity contribution in [2.75, 3.05) is 0 Å². The molecule has 104 valence electrons. The third-order valence-electron chi connectivity index (χ3n) is 3.21. The number of rotatable bonds is 8. The van der Waals surface area contributed by atoms with Crippen molar-refractivity contribution in [3.8, 4) is 0 Å². The molecule has 2 N–H and O–H groups in total. The van der Waals surface area contributed by atoms with E-state index in [0.717, 1.165) is 32.1 Å². The van der Waals surface area contributed by atoms with Crippen LogP contribution in [0.4, 0.5) is 0 Å². The molecule has 1 amide bonds. The SMILES string of the molecule is CCCCCC(CC)NC(=O)/C(C)=C(/C)C(=O)O. The predicted octanol–water partition coefficient (Wildman–Crippen LogP) is 2.88. The zero-order valence-electron chi connectivity index (χ0n) is 11.9. The highest BCUT2D eigenvalue weighted by Gasteiger charge is 2.15. The molecule has 4 nitrogen and oxygen atoms in total. The lowest BCUT2D eigenvalue weighted by Crippen LogP contribution is -2.35. The van der Waals surface area contributed by atoms with Crippen LogP contribution in [0.2, 0.25) is 0 Å². The first kappa shape index (κ1) is 16.7. The number of hydrogen-bond acceptors (Lipinski definition) is 2. The average Bonchev–Trinajstić information content (AvgIpc) is 2.35. The first-order valence-electron chi connectivity index (χ1n) is 6.65. The van der Waals surface area contributed by atoms with Crippen LogP contribution in [0.1, 0.15) is 59.8 Å². The van der Waals surface area contributed by atoms with E-state index in [1.807, 2.05) is 6.92 Å². The summed E-state index contributed by atoms with van der Waals surface area (Å²) in [5.41, 5.74) is 0.396. The van der Waals surface area contributed by atoms with Gasteiger partial charge in [-0.05, 0) is 26.7 Å². The molecule has 0 bridgehead atoms. The molecule has 0 aromatic rings. The minimum atomic E-state index is -1.04. The summed E-state index contributed by atoms with van der Waals surface area (Å²) >= 11 is 0. The highest BCUT2D eigenvalue weighted by Crippen LogP contribution is 2.09. The Morgan fingerprint density at radius 1 is 1.11 bits per heavy atom. The second-order valence-electron chi connectivity index (χ2n) is 4.63. The molecular formula is C14H25NO3. The van der Waals surface area contributed by atoms with Crippen molar-refractivity contribution in [3.63, 3.8) is 0 Å². The van der Waals surface area contributed by atoms with Crippen molar-refractivity contribution < 1.29 is 14.7 Å². The number of carbonyl (C=O) groups excluding carboxylic acids is 1. The molecule has 0 spiro atoms. The first-order valence-corrected chi connectivity index (χ1v) is 6.65. The fourth-order valence-electron chi connectivity index (χ4n) is 1.64. The molecule has 0 rings (SSSR count). The maximum atomic E-state index is 11.9. The van der Waals surface area contributed by atoms with Crippen LogP contribution in [-0.2, 0) is 9.59 Å². The smallest absolute Gasteiger partial charge is 0.331 e. The van der Waals surface area contributed by atoms with E-state index in [2.05, 4.69) is 12.2 Å². The molecule has 0 radical (unpaired) electrons. The van der Waals surface area contributed by atoms with Gasteiger partial charge in [0.2, 0.25) is 5.91 Å². The van der Waals surface area contributed by atoms with E-state index in [9.17, 15) is 9.59 Å². The highest BCUT2D eigenvalue weighted by molar-refractivity contribution is 6.01. The van der Waals surface area contributed by atoms with Crippen molar-refractivity contribution in [2.45, 2.75) is 65.8 Å². The maximum absolute atomic E-state index is 11.9. The van der Waals surface area contributed by atoms with Gasteiger partial charge in [0.25, 0.3) is 0 Å². The lowest BCUT2D eigenvalue weighted by molar-refractivity contribution is -0.133. The van der Waals surface area contributed by atoms with Crippen molar-refractivity contribution in [1.29, 1.82) is 0 Å². The lowest BCUT2D eigenvalue weighted by atomic mass is 10.0. The Bertz CT molecular complexity index is 321. The third-order valence-corrected chi connectivity index (χ3v) is 3.21. The Kier molecular flexibility index (Phi) is 8.08. The fraction of sp³-hybridized carbons (Fsp3) is 0.714. The van der Waals surface area contributed by atoms with E-state index in [1.54, 1.807) is 6.92 Å². The van der Waals surface area contributed by atoms with Gasteiger partial charge in [-0.25, -0.2) is 4.79 Å². The lowest BCUT2D eigenvalue weighted by Gasteiger charge is -2.17. The number of aliphatic carboxylic acids is 1. The Labute approximate surface area is 109 Å². The molecule has 0 aliphatic rings. The van der Waals surface area contributed by atoms with Crippen molar-refractivity contribution in [3.05, 3.63) is 11.1 Å². The molecule has 0 aliphatic heterocycles. The standard InChI is InChI=1S/C14H25NO3/c1-5-7-8-9-12(6-2)15-13(16)10(3)11(4)14(17)18/h12H,5-9H2,1-4H3,(H,15,16)(H,17,18)/b11-10-. The van der Waals surface area contributed by atoms with E-state index >= 15 is 0 Å². The van der Waals surface area contributed by atoms with Gasteiger partial charge in [-0.15, -0.1) is 0 Å². The van der Waals surface area contributed by atoms with Crippen LogP contribution < -0.4 is 5.32 Å². The van der Waals surface area contributed by atoms with Crippen LogP contribution in [0.5, 0.6) is 0 Å². The number of nitrogens with one attached hydrogen (secondary N) is 1. The Hall–Kier alpha value is -1.32. The first-order chi connectivity index (χ1) is 8.43. The molecular weight excluding hydrogens is 230 g/mol. The van der Waals surface area contributed by atoms with Gasteiger partial charge in [0.05, 0.1) is 0 Å². The van der Waals surface area contributed by atoms with Gasteiger partial charge in [-0.2, -0.15) is 0 Å². The summed E-state index contributed by atoms with van der Waals surface area (Å²) in [7, 11) is 0. The van der Waals surface area contributed by atoms with Crippen molar-refractivity contribution in [1.82, 2.24) is 5.32 Å². The Morgan fingerprint density at radius 2 is 1.72 bits per heavy atom. The molecule has 0 aliphatic carbocycles. The number of hydrogen-bond donors (Lipinski definition) is 2. The number of carbonyl (C=O) groups is 2. The normalized spacial score (nSPS) is 13.8. The second kappa shape index (κ2) is 8.72. The molecule has 4 heteroatoms. The Balaban J connectivity index is 4.43. The van der Waals surface area contributed by atoms with Crippen LogP contribution in [-0.4, -0.2) is 23.0 Å². The summed E-state index contributed by atoms with van der Waals surface area (Å²) in [6, 6.07) is 0.139. The average molecular weight is 255 g/mol. The summed E-state index contributed by atoms with van der Waals surface area (Å²) in [5.74, 6) is -1.31. The molecule has 1 atom stereocenters. The van der Waals surface area contributed by atoms with Gasteiger partial charge in [0, 0.05) is 17.2 Å². The van der Waals surface area contributed by atoms with E-state index in [1.165, 1.54) is 6.92 Å². The largest absolute Gasteiger partial charge is 0.478 e. The maximum Gasteiger partial charge on any atom is 0.331 e. The summed E-state index contributed by atoms with van der Waals surface area (Å²) in [6.07, 6.45) is 5.23. The van der Waals surface area contributed by atoms with Gasteiger partial charge >= 0.3 is 5.97 Å². The van der Waals surface area contributed by atoms with E-state index in [-0.39, 0.29) is 23.1 Å². The van der Waals surface area contributed by atoms with Crippen LogP contribution in [0, 0.1) is 0 Å². The number of carboxylic acid groups (broad SMARTS) is 1. The topological polar surface area (TPSA) is 66.4 Å². The number of amides is 1. The van der Waals surface area contributed by atoms with Gasteiger partial charge in [0.1, 0.15) is 0 Å². The van der Waals surface area contributed by atoms with Crippen LogP contribution in [0.3, 0.4) is 0 Å². The van der Waals surface area contributed by atoms with E-state index < -0.39 is 5.97 Å². The summed E-state index contributed by atoms with van der Waals surface area (Å²) < 4.78 is 0. The van der Waals surface area contributed by atoms with Crippen LogP contribution >= 0.6 is 0 Å². The second-order valence-corrected chi connectivity index (χ2v) is 4.63. The summed E-state index contributed by atoms with van der Waals surface area (Å²) in [4.78, 5) is 22.6. The monoisotopic (exact) mass is 255 g/mol. The zero-order valence-corrected chi connectivity index (χ0v) is 11.9. The van der Waals surface area contributed by atoms with E-state index in [0.29, 0.717) is 0 Å². The zero-order chi connectivity index (χ0) is 14.1. The van der Waals surface area contributed by atoms with Crippen molar-refractivity contribution in [2.24, 2.45) is 0 Å². The molecule has 0 fully saturated rings. The minimum Gasteiger partial charge on any atom is -0.478 e. The van der Waals surface area contributed by atoms with Crippen LogP contribution in [0.15, 0.2) is 11.1 Å². The molecule has 1 unspecified atom stereocenters. The highest BCUT2D eigenvalue weighted by atomic mass is 16.4. The van der Waals surface area contributed by atoms with Gasteiger partial charge in [-0.1, -0.05) is 33.1 Å². The van der Waals surface area contributed by atoms with Crippen LogP contribution in [0.25, 0.3) is 0 Å². The van der Waals surface area contributed by atoms with E-state index in [4.69, 9.17) is 5.11 Å². The fourth-order valence-corrected chi connectivity index (χ4v) is 1.64. The molecule has 0 aromatic heterocycles. The van der Waals surface area contributed by atoms with Crippen molar-refractivity contribution >= 4 is 11.9 Å². The quantitative estimate of drug-likeness (QED) is 0.517. The molecule has 0 heterocycles. The minimum absolute atomic E-state index is 0.107. The summed E-state index contributed by atoms with van der Waals surface area (Å²) in [6.45, 7) is 7.18. The predicted molar refractivity (Wildman–Crippen MR) is 72.4 cm³/mol. The molecule has 0 saturated heterocycles.